The van der Waals surface area contributed by atoms with Crippen molar-refractivity contribution in [3.63, 3.8) is 0 Å². The molecular weight excluding hydrogens is 443 g/mol. The summed E-state index contributed by atoms with van der Waals surface area (Å²) in [6, 6.07) is -0.943. The van der Waals surface area contributed by atoms with E-state index in [2.05, 4.69) is 20.0 Å². The van der Waals surface area contributed by atoms with Crippen LogP contribution >= 0.6 is 19.3 Å². The van der Waals surface area contributed by atoms with E-state index in [0.717, 1.165) is 0 Å². The van der Waals surface area contributed by atoms with Crippen molar-refractivity contribution in [2.75, 3.05) is 18.9 Å². The van der Waals surface area contributed by atoms with Gasteiger partial charge < -0.3 is 20.3 Å². The molecule has 4 heterocycles. The van der Waals surface area contributed by atoms with Crippen LogP contribution in [-0.2, 0) is 27.9 Å². The highest BCUT2D eigenvalue weighted by molar-refractivity contribution is 7.51. The third-order valence-electron chi connectivity index (χ3n) is 4.67. The number of aliphatic hydroxyl groups excluding tert-OH is 1. The summed E-state index contributed by atoms with van der Waals surface area (Å²) in [5, 5.41) is 13.2. The van der Waals surface area contributed by atoms with E-state index >= 15 is 0 Å². The Morgan fingerprint density at radius 2 is 2.33 bits per heavy atom. The minimum Gasteiger partial charge on any atom is -0.465 e. The Morgan fingerprint density at radius 1 is 1.57 bits per heavy atom. The standard InChI is InChI=1S/C15H20ClN6O7P/c1-3-26-14(24)6(2)21-30(25)27-4-7-10(29-30)9(23)13(28-7)22-5-18-8-11(17)19-15(16)20-12(8)22/h5-7,9-10,13,23H,3-4H2,1-2H3,(H,21,25)(H2,17,19,20)/t6-,7+,9-,10+,13+,30?/m0/s1. The third kappa shape index (κ3) is 3.78. The van der Waals surface area contributed by atoms with Crippen LogP contribution in [0.15, 0.2) is 6.33 Å². The molecule has 0 aliphatic carbocycles. The molecule has 2 aromatic heterocycles. The Hall–Kier alpha value is -1.86. The number of ether oxygens (including phenoxy) is 2. The van der Waals surface area contributed by atoms with Crippen molar-refractivity contribution in [2.24, 2.45) is 0 Å². The first kappa shape index (κ1) is 21.4. The largest absolute Gasteiger partial charge is 0.465 e. The number of nitrogens with one attached hydrogen (secondary N) is 1. The minimum atomic E-state index is -3.90. The highest BCUT2D eigenvalue weighted by atomic mass is 35.5. The van der Waals surface area contributed by atoms with Crippen molar-refractivity contribution in [1.29, 1.82) is 0 Å². The molecule has 4 rings (SSSR count). The predicted octanol–water partition coefficient (Wildman–Crippen LogP) is 0.385. The van der Waals surface area contributed by atoms with E-state index in [1.807, 2.05) is 0 Å². The van der Waals surface area contributed by atoms with Crippen LogP contribution in [0.25, 0.3) is 11.2 Å². The number of aromatic nitrogens is 4. The molecule has 15 heteroatoms. The zero-order valence-corrected chi connectivity index (χ0v) is 17.6. The highest BCUT2D eigenvalue weighted by Gasteiger charge is 2.53. The molecule has 0 bridgehead atoms. The van der Waals surface area contributed by atoms with Crippen LogP contribution < -0.4 is 10.8 Å². The number of imidazole rings is 1. The van der Waals surface area contributed by atoms with Gasteiger partial charge in [-0.2, -0.15) is 9.97 Å². The van der Waals surface area contributed by atoms with Crippen LogP contribution in [0, 0.1) is 0 Å². The number of fused-ring (bicyclic) bond motifs is 2. The van der Waals surface area contributed by atoms with Gasteiger partial charge >= 0.3 is 13.7 Å². The number of aliphatic hydroxyl groups is 1. The fourth-order valence-electron chi connectivity index (χ4n) is 3.30. The molecule has 13 nitrogen and oxygen atoms in total. The smallest absolute Gasteiger partial charge is 0.406 e. The van der Waals surface area contributed by atoms with Gasteiger partial charge in [0.1, 0.15) is 29.9 Å². The van der Waals surface area contributed by atoms with E-state index in [1.165, 1.54) is 17.8 Å². The second kappa shape index (κ2) is 8.00. The van der Waals surface area contributed by atoms with Crippen molar-refractivity contribution >= 4 is 42.3 Å². The Morgan fingerprint density at radius 3 is 3.07 bits per heavy atom. The number of hydrogen-bond donors (Lipinski definition) is 3. The lowest BCUT2D eigenvalue weighted by Gasteiger charge is -2.32. The topological polar surface area (TPSA) is 173 Å². The van der Waals surface area contributed by atoms with E-state index in [9.17, 15) is 14.5 Å². The minimum absolute atomic E-state index is 0.0786. The number of hydrogen-bond acceptors (Lipinski definition) is 11. The lowest BCUT2D eigenvalue weighted by atomic mass is 10.1. The van der Waals surface area contributed by atoms with Crippen LogP contribution in [0.3, 0.4) is 0 Å². The fraction of sp³-hybridized carbons (Fsp3) is 0.600. The average molecular weight is 463 g/mol. The van der Waals surface area contributed by atoms with E-state index in [-0.39, 0.29) is 35.5 Å². The molecule has 0 radical (unpaired) electrons. The third-order valence-corrected chi connectivity index (χ3v) is 6.55. The number of nitrogens with two attached hydrogens (primary N) is 1. The summed E-state index contributed by atoms with van der Waals surface area (Å²) in [4.78, 5) is 23.9. The first-order chi connectivity index (χ1) is 14.2. The molecule has 0 amide bonds. The SMILES string of the molecule is CCOC(=O)[C@H](C)NP1(=O)OC[C@H]2O[C@@H](n3cnc4c(N)nc(Cl)nc43)[C@@H](O)[C@@H]2O1. The number of anilines is 1. The lowest BCUT2D eigenvalue weighted by Crippen LogP contribution is -2.44. The van der Waals surface area contributed by atoms with E-state index in [1.54, 1.807) is 6.92 Å². The number of esters is 1. The summed E-state index contributed by atoms with van der Waals surface area (Å²) in [6.45, 7) is 3.16. The van der Waals surface area contributed by atoms with Crippen molar-refractivity contribution in [3.8, 4) is 0 Å². The summed E-state index contributed by atoms with van der Waals surface area (Å²) >= 11 is 5.88. The molecule has 2 saturated heterocycles. The molecule has 2 aliphatic heterocycles. The molecule has 0 spiro atoms. The van der Waals surface area contributed by atoms with E-state index < -0.39 is 44.3 Å². The molecule has 30 heavy (non-hydrogen) atoms. The van der Waals surface area contributed by atoms with E-state index in [4.69, 9.17) is 35.9 Å². The van der Waals surface area contributed by atoms with Gasteiger partial charge in [0.2, 0.25) is 5.28 Å². The Kier molecular flexibility index (Phi) is 5.70. The summed E-state index contributed by atoms with van der Waals surface area (Å²) < 4.78 is 35.9. The lowest BCUT2D eigenvalue weighted by molar-refractivity contribution is -0.145. The molecule has 2 aliphatic rings. The number of rotatable bonds is 5. The predicted molar refractivity (Wildman–Crippen MR) is 102 cm³/mol. The number of carbonyl (C=O) groups excluding carboxylic acids is 1. The van der Waals surface area contributed by atoms with Crippen molar-refractivity contribution in [2.45, 2.75) is 44.4 Å². The van der Waals surface area contributed by atoms with Gasteiger partial charge in [-0.1, -0.05) is 0 Å². The molecule has 6 atom stereocenters. The maximum Gasteiger partial charge on any atom is 0.406 e. The van der Waals surface area contributed by atoms with Gasteiger partial charge in [-0.05, 0) is 25.4 Å². The maximum absolute atomic E-state index is 12.9. The van der Waals surface area contributed by atoms with Gasteiger partial charge in [-0.25, -0.2) is 14.6 Å². The second-order valence-corrected chi connectivity index (χ2v) is 8.78. The fourth-order valence-corrected chi connectivity index (χ4v) is 5.17. The summed E-state index contributed by atoms with van der Waals surface area (Å²) in [5.74, 6) is -0.530. The van der Waals surface area contributed by atoms with Crippen LogP contribution in [-0.4, -0.2) is 68.2 Å². The van der Waals surface area contributed by atoms with Gasteiger partial charge in [0.05, 0.1) is 19.5 Å². The molecule has 4 N–H and O–H groups in total. The first-order valence-electron chi connectivity index (χ1n) is 9.09. The summed E-state index contributed by atoms with van der Waals surface area (Å²) in [6.07, 6.45) is -2.58. The maximum atomic E-state index is 12.9. The van der Waals surface area contributed by atoms with Crippen LogP contribution in [0.1, 0.15) is 20.1 Å². The van der Waals surface area contributed by atoms with Crippen LogP contribution in [0.4, 0.5) is 5.82 Å². The van der Waals surface area contributed by atoms with Crippen molar-refractivity contribution in [3.05, 3.63) is 11.6 Å². The average Bonchev–Trinajstić information content (AvgIpc) is 3.23. The van der Waals surface area contributed by atoms with Crippen molar-refractivity contribution in [1.82, 2.24) is 24.6 Å². The van der Waals surface area contributed by atoms with Crippen LogP contribution in [0.5, 0.6) is 0 Å². The van der Waals surface area contributed by atoms with Gasteiger partial charge in [0.25, 0.3) is 0 Å². The highest BCUT2D eigenvalue weighted by Crippen LogP contribution is 2.53. The van der Waals surface area contributed by atoms with Gasteiger partial charge in [0.15, 0.2) is 17.7 Å². The summed E-state index contributed by atoms with van der Waals surface area (Å²) in [7, 11) is -3.90. The molecule has 164 valence electrons. The number of nitrogens with zero attached hydrogens (tertiary/aromatic N) is 4. The van der Waals surface area contributed by atoms with Gasteiger partial charge in [0, 0.05) is 0 Å². The Labute approximate surface area is 175 Å². The Bertz CT molecular complexity index is 1020. The normalized spacial score (nSPS) is 32.1. The number of nitrogen functional groups attached to an aromatic ring is 1. The molecular formula is C15H20ClN6O7P. The zero-order chi connectivity index (χ0) is 21.6. The second-order valence-electron chi connectivity index (χ2n) is 6.72. The monoisotopic (exact) mass is 462 g/mol. The van der Waals surface area contributed by atoms with Crippen LogP contribution in [0.2, 0.25) is 5.28 Å². The molecule has 2 aromatic rings. The molecule has 2 fully saturated rings. The number of carbonyl (C=O) groups is 1. The zero-order valence-electron chi connectivity index (χ0n) is 16.0. The first-order valence-corrected chi connectivity index (χ1v) is 11.0. The molecule has 0 aromatic carbocycles. The molecule has 0 saturated carbocycles. The number of halogens is 1. The Balaban J connectivity index is 1.54. The van der Waals surface area contributed by atoms with Gasteiger partial charge in [-0.3, -0.25) is 18.4 Å². The van der Waals surface area contributed by atoms with Crippen molar-refractivity contribution < 1.29 is 33.0 Å². The quantitative estimate of drug-likeness (QED) is 0.317. The summed E-state index contributed by atoms with van der Waals surface area (Å²) in [5.41, 5.74) is 6.35. The molecule has 1 unspecified atom stereocenters. The van der Waals surface area contributed by atoms with E-state index in [0.29, 0.717) is 0 Å². The van der Waals surface area contributed by atoms with Gasteiger partial charge in [-0.15, -0.1) is 0 Å².